The molecule has 0 aliphatic rings. The number of carboxylic acids is 1. The van der Waals surface area contributed by atoms with E-state index in [1.165, 1.54) is 0 Å². The second-order valence-corrected chi connectivity index (χ2v) is 0.990. The second kappa shape index (κ2) is 15.7. The molecule has 0 aliphatic carbocycles. The van der Waals surface area contributed by atoms with Gasteiger partial charge in [-0.1, -0.05) is 25.3 Å². The normalized spacial score (nSPS) is 5.00. The Morgan fingerprint density at radius 3 is 1.56 bits per heavy atom. The summed E-state index contributed by atoms with van der Waals surface area (Å²) >= 11 is 0. The zero-order valence-corrected chi connectivity index (χ0v) is 7.05. The van der Waals surface area contributed by atoms with Crippen LogP contribution in [-0.4, -0.2) is 11.1 Å². The fourth-order valence-electron chi connectivity index (χ4n) is 0. The first-order valence-corrected chi connectivity index (χ1v) is 2.08. The van der Waals surface area contributed by atoms with Crippen LogP contribution in [0.2, 0.25) is 0 Å². The van der Waals surface area contributed by atoms with Crippen LogP contribution in [0, 0.1) is 0 Å². The van der Waals surface area contributed by atoms with E-state index in [0.29, 0.717) is 0 Å². The van der Waals surface area contributed by atoms with Gasteiger partial charge in [-0.15, -0.1) is 0 Å². The number of carbonyl (C=O) groups is 1. The lowest BCUT2D eigenvalue weighted by atomic mass is 10.6. The van der Waals surface area contributed by atoms with E-state index in [1.807, 2.05) is 0 Å². The van der Waals surface area contributed by atoms with Crippen molar-refractivity contribution < 1.29 is 9.90 Å². The summed E-state index contributed by atoms with van der Waals surface area (Å²) in [6.45, 7) is 7.81. The molecule has 9 heavy (non-hydrogen) atoms. The first-order valence-electron chi connectivity index (χ1n) is 2.08. The van der Waals surface area contributed by atoms with Gasteiger partial charge in [0.1, 0.15) is 0 Å². The molecule has 0 amide bonds. The first-order chi connectivity index (χ1) is 3.65. The largest absolute Gasteiger partial charge is 0.481 e. The minimum absolute atomic E-state index is 0. The topological polar surface area (TPSA) is 37.3 Å². The Kier molecular flexibility index (Phi) is 27.4. The molecule has 0 aromatic heterocycles. The van der Waals surface area contributed by atoms with Crippen LogP contribution in [0.5, 0.6) is 0 Å². The zero-order chi connectivity index (χ0) is 6.99. The van der Waals surface area contributed by atoms with Crippen molar-refractivity contribution in [1.82, 2.24) is 0 Å². The van der Waals surface area contributed by atoms with Gasteiger partial charge in [-0.25, -0.2) is 0 Å². The summed E-state index contributed by atoms with van der Waals surface area (Å²) < 4.78 is 0. The SMILES string of the molecule is C=CC=C.CC(=O)O.P. The Morgan fingerprint density at radius 2 is 1.56 bits per heavy atom. The standard InChI is InChI=1S/C4H6.C2H4O2.H3P/c1-3-4-2;1-2(3)4;/h3-4H,1-2H2;1H3,(H,3,4);1H3. The number of hydrogen-bond donors (Lipinski definition) is 1. The average Bonchev–Trinajstić information content (AvgIpc) is 1.65. The molecule has 0 spiro atoms. The number of rotatable bonds is 1. The molecule has 1 unspecified atom stereocenters. The summed E-state index contributed by atoms with van der Waals surface area (Å²) in [4.78, 5) is 9.00. The van der Waals surface area contributed by atoms with Gasteiger partial charge in [0.15, 0.2) is 0 Å². The summed E-state index contributed by atoms with van der Waals surface area (Å²) in [6, 6.07) is 0. The zero-order valence-electron chi connectivity index (χ0n) is 5.63. The monoisotopic (exact) mass is 148 g/mol. The Morgan fingerprint density at radius 1 is 1.44 bits per heavy atom. The van der Waals surface area contributed by atoms with Crippen molar-refractivity contribution in [3.63, 3.8) is 0 Å². The highest BCUT2D eigenvalue weighted by Gasteiger charge is 1.65. The second-order valence-electron chi connectivity index (χ2n) is 0.990. The smallest absolute Gasteiger partial charge is 0.300 e. The van der Waals surface area contributed by atoms with Gasteiger partial charge in [-0.3, -0.25) is 4.79 Å². The summed E-state index contributed by atoms with van der Waals surface area (Å²) in [6.07, 6.45) is 3.28. The van der Waals surface area contributed by atoms with Crippen molar-refractivity contribution >= 4 is 15.9 Å². The van der Waals surface area contributed by atoms with Gasteiger partial charge >= 0.3 is 0 Å². The van der Waals surface area contributed by atoms with E-state index in [2.05, 4.69) is 13.2 Å². The molecule has 54 valence electrons. The van der Waals surface area contributed by atoms with Crippen molar-refractivity contribution in [2.24, 2.45) is 0 Å². The minimum Gasteiger partial charge on any atom is -0.481 e. The summed E-state index contributed by atoms with van der Waals surface area (Å²) in [7, 11) is 0. The van der Waals surface area contributed by atoms with Crippen LogP contribution in [0.1, 0.15) is 6.92 Å². The molecule has 0 aliphatic heterocycles. The van der Waals surface area contributed by atoms with Crippen molar-refractivity contribution in [2.75, 3.05) is 0 Å². The molecule has 0 heterocycles. The minimum atomic E-state index is -0.833. The van der Waals surface area contributed by atoms with Crippen LogP contribution in [0.3, 0.4) is 0 Å². The molecule has 0 radical (unpaired) electrons. The lowest BCUT2D eigenvalue weighted by Crippen LogP contribution is -1.78. The Hall–Kier alpha value is -0.620. The van der Waals surface area contributed by atoms with E-state index in [-0.39, 0.29) is 9.90 Å². The number of aliphatic carboxylic acids is 1. The van der Waals surface area contributed by atoms with Crippen molar-refractivity contribution in [3.8, 4) is 0 Å². The van der Waals surface area contributed by atoms with E-state index >= 15 is 0 Å². The van der Waals surface area contributed by atoms with Crippen LogP contribution in [0.15, 0.2) is 25.3 Å². The maximum absolute atomic E-state index is 9.00. The summed E-state index contributed by atoms with van der Waals surface area (Å²) in [5, 5.41) is 7.42. The molecule has 1 N–H and O–H groups in total. The fourth-order valence-corrected chi connectivity index (χ4v) is 0. The molecule has 0 saturated carbocycles. The third-order valence-corrected chi connectivity index (χ3v) is 0.167. The van der Waals surface area contributed by atoms with Crippen LogP contribution in [0.4, 0.5) is 0 Å². The molecule has 0 aromatic rings. The average molecular weight is 148 g/mol. The van der Waals surface area contributed by atoms with Gasteiger partial charge in [-0.2, -0.15) is 9.90 Å². The van der Waals surface area contributed by atoms with Crippen LogP contribution < -0.4 is 0 Å². The Balaban J connectivity index is -0.0000000720. The summed E-state index contributed by atoms with van der Waals surface area (Å²) in [5.74, 6) is -0.833. The predicted octanol–water partition coefficient (Wildman–Crippen LogP) is 1.51. The van der Waals surface area contributed by atoms with E-state index < -0.39 is 5.97 Å². The number of hydrogen-bond acceptors (Lipinski definition) is 1. The van der Waals surface area contributed by atoms with Crippen molar-refractivity contribution in [1.29, 1.82) is 0 Å². The van der Waals surface area contributed by atoms with Crippen LogP contribution in [0.25, 0.3) is 0 Å². The maximum Gasteiger partial charge on any atom is 0.300 e. The van der Waals surface area contributed by atoms with Crippen LogP contribution >= 0.6 is 9.90 Å². The predicted molar refractivity (Wildman–Crippen MR) is 44.8 cm³/mol. The highest BCUT2D eigenvalue weighted by atomic mass is 31.0. The quantitative estimate of drug-likeness (QED) is 0.452. The van der Waals surface area contributed by atoms with E-state index in [9.17, 15) is 0 Å². The Labute approximate surface area is 58.9 Å². The maximum atomic E-state index is 9.00. The molecule has 0 rings (SSSR count). The van der Waals surface area contributed by atoms with Gasteiger partial charge in [0, 0.05) is 6.92 Å². The molecule has 0 saturated heterocycles. The van der Waals surface area contributed by atoms with Gasteiger partial charge in [0.2, 0.25) is 0 Å². The lowest BCUT2D eigenvalue weighted by molar-refractivity contribution is -0.134. The van der Waals surface area contributed by atoms with Gasteiger partial charge in [0.25, 0.3) is 5.97 Å². The van der Waals surface area contributed by atoms with Crippen LogP contribution in [-0.2, 0) is 4.79 Å². The fraction of sp³-hybridized carbons (Fsp3) is 0.167. The molecule has 0 aromatic carbocycles. The van der Waals surface area contributed by atoms with Gasteiger partial charge in [-0.05, 0) is 0 Å². The third kappa shape index (κ3) is 1480. The van der Waals surface area contributed by atoms with E-state index in [4.69, 9.17) is 9.90 Å². The third-order valence-electron chi connectivity index (χ3n) is 0.167. The number of allylic oxidation sites excluding steroid dienone is 2. The van der Waals surface area contributed by atoms with Gasteiger partial charge < -0.3 is 5.11 Å². The Bertz CT molecular complexity index is 79.1. The molecule has 1 atom stereocenters. The summed E-state index contributed by atoms with van der Waals surface area (Å²) in [5.41, 5.74) is 0. The molecule has 0 bridgehead atoms. The molecular formula is C6H13O2P. The number of carboxylic acid groups (broad SMARTS) is 1. The van der Waals surface area contributed by atoms with E-state index in [1.54, 1.807) is 12.2 Å². The highest BCUT2D eigenvalue weighted by molar-refractivity contribution is 6.92. The molecule has 2 nitrogen and oxygen atoms in total. The van der Waals surface area contributed by atoms with Crippen molar-refractivity contribution in [3.05, 3.63) is 25.3 Å². The molecule has 0 fully saturated rings. The van der Waals surface area contributed by atoms with Gasteiger partial charge in [0.05, 0.1) is 0 Å². The first kappa shape index (κ1) is 15.8. The lowest BCUT2D eigenvalue weighted by Gasteiger charge is -1.59. The van der Waals surface area contributed by atoms with Crippen molar-refractivity contribution in [2.45, 2.75) is 6.92 Å². The van der Waals surface area contributed by atoms with E-state index in [0.717, 1.165) is 6.92 Å². The molecular weight excluding hydrogens is 135 g/mol. The highest BCUT2D eigenvalue weighted by Crippen LogP contribution is 1.52. The molecule has 3 heteroatoms.